The lowest BCUT2D eigenvalue weighted by Gasteiger charge is -2.29. The highest BCUT2D eigenvalue weighted by Gasteiger charge is 2.35. The second kappa shape index (κ2) is 7.93. The molecule has 0 aliphatic heterocycles. The Morgan fingerprint density at radius 1 is 1.12 bits per heavy atom. The van der Waals surface area contributed by atoms with E-state index in [-0.39, 0.29) is 6.04 Å². The summed E-state index contributed by atoms with van der Waals surface area (Å²) in [7, 11) is 1.52. The van der Waals surface area contributed by atoms with Gasteiger partial charge in [-0.3, -0.25) is 4.74 Å². The minimum atomic E-state index is -4.60. The van der Waals surface area contributed by atoms with Gasteiger partial charge in [0.05, 0.1) is 30.5 Å². The molecule has 2 N–H and O–H groups in total. The molecule has 4 aromatic rings. The number of halogens is 3. The maximum atomic E-state index is 12.4. The number of aromatic amines is 1. The third-order valence-electron chi connectivity index (χ3n) is 5.53. The summed E-state index contributed by atoms with van der Waals surface area (Å²) in [6, 6.07) is 3.60. The molecular formula is C20H20F3N7O2. The zero-order valence-corrected chi connectivity index (χ0v) is 17.1. The van der Waals surface area contributed by atoms with Crippen LogP contribution in [-0.2, 0) is 4.74 Å². The Morgan fingerprint density at radius 2 is 1.94 bits per heavy atom. The molecule has 0 amide bonds. The molecule has 0 atom stereocenters. The van der Waals surface area contributed by atoms with Crippen LogP contribution >= 0.6 is 0 Å². The maximum absolute atomic E-state index is 12.4. The summed E-state index contributed by atoms with van der Waals surface area (Å²) in [5.74, 6) is 0.722. The van der Waals surface area contributed by atoms with E-state index in [2.05, 4.69) is 35.1 Å². The number of methoxy groups -OCH3 is 1. The quantitative estimate of drug-likeness (QED) is 0.478. The topological polar surface area (TPSA) is 102 Å². The normalized spacial score (nSPS) is 19.5. The summed E-state index contributed by atoms with van der Waals surface area (Å²) in [5, 5.41) is 8.06. The van der Waals surface area contributed by atoms with E-state index < -0.39 is 12.5 Å². The lowest BCUT2D eigenvalue weighted by Crippen LogP contribution is -2.33. The number of alkyl halides is 3. The Kier molecular flexibility index (Phi) is 5.08. The molecule has 0 bridgehead atoms. The van der Waals surface area contributed by atoms with Gasteiger partial charge in [-0.25, -0.2) is 9.50 Å². The number of rotatable bonds is 5. The molecule has 0 spiro atoms. The SMILES string of the molecule is COc1nc(N[C@H]2CC[C@@H](OC(F)(F)F)CC2)nc2[nH]cc(-c3ccn4nccc4n3)c12. The van der Waals surface area contributed by atoms with Gasteiger partial charge in [0.25, 0.3) is 0 Å². The number of aromatic nitrogens is 6. The first kappa shape index (κ1) is 20.5. The van der Waals surface area contributed by atoms with Crippen molar-refractivity contribution in [1.82, 2.24) is 29.5 Å². The number of hydrogen-bond donors (Lipinski definition) is 2. The van der Waals surface area contributed by atoms with Crippen molar-refractivity contribution in [2.75, 3.05) is 12.4 Å². The second-order valence-electron chi connectivity index (χ2n) is 7.61. The minimum absolute atomic E-state index is 0.0504. The van der Waals surface area contributed by atoms with Crippen LogP contribution in [0.15, 0.2) is 30.7 Å². The van der Waals surface area contributed by atoms with Gasteiger partial charge in [-0.2, -0.15) is 15.1 Å². The van der Waals surface area contributed by atoms with Gasteiger partial charge in [0.2, 0.25) is 11.8 Å². The number of fused-ring (bicyclic) bond motifs is 2. The second-order valence-corrected chi connectivity index (χ2v) is 7.61. The predicted octanol–water partition coefficient (Wildman–Crippen LogP) is 3.94. The maximum Gasteiger partial charge on any atom is 0.522 e. The predicted molar refractivity (Wildman–Crippen MR) is 109 cm³/mol. The number of nitrogens with zero attached hydrogens (tertiary/aromatic N) is 5. The van der Waals surface area contributed by atoms with Crippen LogP contribution in [0.1, 0.15) is 25.7 Å². The van der Waals surface area contributed by atoms with Crippen molar-refractivity contribution in [3.63, 3.8) is 0 Å². The fourth-order valence-corrected chi connectivity index (χ4v) is 4.07. The van der Waals surface area contributed by atoms with Crippen molar-refractivity contribution < 1.29 is 22.6 Å². The molecule has 9 nitrogen and oxygen atoms in total. The van der Waals surface area contributed by atoms with Gasteiger partial charge >= 0.3 is 6.36 Å². The van der Waals surface area contributed by atoms with Crippen LogP contribution in [0.3, 0.4) is 0 Å². The Morgan fingerprint density at radius 3 is 2.69 bits per heavy atom. The lowest BCUT2D eigenvalue weighted by molar-refractivity contribution is -0.345. The first-order valence-corrected chi connectivity index (χ1v) is 10.1. The van der Waals surface area contributed by atoms with Gasteiger partial charge in [-0.05, 0) is 31.7 Å². The van der Waals surface area contributed by atoms with E-state index in [0.29, 0.717) is 54.2 Å². The van der Waals surface area contributed by atoms with Crippen LogP contribution in [0.5, 0.6) is 5.88 Å². The van der Waals surface area contributed by atoms with Gasteiger partial charge in [-0.1, -0.05) is 0 Å². The molecule has 1 saturated carbocycles. The van der Waals surface area contributed by atoms with Crippen LogP contribution in [-0.4, -0.2) is 55.2 Å². The van der Waals surface area contributed by atoms with Crippen molar-refractivity contribution in [3.8, 4) is 17.1 Å². The zero-order valence-electron chi connectivity index (χ0n) is 17.1. The van der Waals surface area contributed by atoms with E-state index in [1.807, 2.05) is 18.3 Å². The van der Waals surface area contributed by atoms with Crippen LogP contribution in [0, 0.1) is 0 Å². The van der Waals surface area contributed by atoms with Crippen molar-refractivity contribution in [2.24, 2.45) is 0 Å². The largest absolute Gasteiger partial charge is 0.522 e. The molecule has 32 heavy (non-hydrogen) atoms. The van der Waals surface area contributed by atoms with E-state index in [1.165, 1.54) is 7.11 Å². The Balaban J connectivity index is 1.37. The Labute approximate surface area is 180 Å². The standard InChI is InChI=1S/C20H20F3N7O2/c1-31-18-16-13(14-7-9-30-15(27-14)6-8-25-30)10-24-17(16)28-19(29-18)26-11-2-4-12(5-3-11)32-20(21,22)23/h6-12H,2-5H2,1H3,(H2,24,26,28,29)/t11-,12+. The Bertz CT molecular complexity index is 1250. The van der Waals surface area contributed by atoms with Gasteiger partial charge < -0.3 is 15.0 Å². The van der Waals surface area contributed by atoms with E-state index in [4.69, 9.17) is 4.74 Å². The molecule has 1 fully saturated rings. The third-order valence-corrected chi connectivity index (χ3v) is 5.53. The first-order chi connectivity index (χ1) is 15.4. The van der Waals surface area contributed by atoms with E-state index in [9.17, 15) is 13.2 Å². The highest BCUT2D eigenvalue weighted by molar-refractivity contribution is 5.97. The summed E-state index contributed by atoms with van der Waals surface area (Å²) in [6.45, 7) is 0. The van der Waals surface area contributed by atoms with Gasteiger partial charge in [-0.15, -0.1) is 13.2 Å². The van der Waals surface area contributed by atoms with Crippen LogP contribution in [0.2, 0.25) is 0 Å². The Hall–Kier alpha value is -3.41. The summed E-state index contributed by atoms with van der Waals surface area (Å²) >= 11 is 0. The molecule has 4 heterocycles. The fraction of sp³-hybridized carbons (Fsp3) is 0.400. The number of H-pyrrole nitrogens is 1. The number of ether oxygens (including phenoxy) is 2. The summed E-state index contributed by atoms with van der Waals surface area (Å²) in [5.41, 5.74) is 2.78. The first-order valence-electron chi connectivity index (χ1n) is 10.1. The summed E-state index contributed by atoms with van der Waals surface area (Å²) in [6.07, 6.45) is 1.54. The summed E-state index contributed by atoms with van der Waals surface area (Å²) in [4.78, 5) is 16.8. The van der Waals surface area contributed by atoms with Gasteiger partial charge in [0.1, 0.15) is 5.65 Å². The number of anilines is 1. The molecule has 12 heteroatoms. The lowest BCUT2D eigenvalue weighted by atomic mass is 9.93. The van der Waals surface area contributed by atoms with Crippen LogP contribution < -0.4 is 10.1 Å². The van der Waals surface area contributed by atoms with Crippen molar-refractivity contribution in [1.29, 1.82) is 0 Å². The number of hydrogen-bond acceptors (Lipinski definition) is 7. The van der Waals surface area contributed by atoms with Crippen LogP contribution in [0.4, 0.5) is 19.1 Å². The molecule has 1 aliphatic rings. The molecule has 0 saturated heterocycles. The molecule has 1 aliphatic carbocycles. The zero-order chi connectivity index (χ0) is 22.3. The monoisotopic (exact) mass is 447 g/mol. The van der Waals surface area contributed by atoms with Crippen molar-refractivity contribution in [3.05, 3.63) is 30.7 Å². The van der Waals surface area contributed by atoms with Crippen molar-refractivity contribution >= 4 is 22.6 Å². The van der Waals surface area contributed by atoms with Gasteiger partial charge in [0, 0.05) is 30.1 Å². The summed E-state index contributed by atoms with van der Waals surface area (Å²) < 4.78 is 48.6. The molecule has 0 aromatic carbocycles. The fourth-order valence-electron chi connectivity index (χ4n) is 4.07. The molecule has 5 rings (SSSR count). The van der Waals surface area contributed by atoms with Crippen molar-refractivity contribution in [2.45, 2.75) is 44.2 Å². The van der Waals surface area contributed by atoms with E-state index >= 15 is 0 Å². The third kappa shape index (κ3) is 4.05. The molecule has 4 aromatic heterocycles. The molecule has 168 valence electrons. The average molecular weight is 447 g/mol. The minimum Gasteiger partial charge on any atom is -0.480 e. The van der Waals surface area contributed by atoms with Gasteiger partial charge in [0.15, 0.2) is 5.65 Å². The average Bonchev–Trinajstić information content (AvgIpc) is 3.40. The van der Waals surface area contributed by atoms with E-state index in [0.717, 1.165) is 11.3 Å². The molecular weight excluding hydrogens is 427 g/mol. The smallest absolute Gasteiger partial charge is 0.480 e. The van der Waals surface area contributed by atoms with E-state index in [1.54, 1.807) is 16.9 Å². The van der Waals surface area contributed by atoms with Crippen LogP contribution in [0.25, 0.3) is 27.9 Å². The highest BCUT2D eigenvalue weighted by Crippen LogP contribution is 2.34. The highest BCUT2D eigenvalue weighted by atomic mass is 19.4. The molecule has 0 radical (unpaired) electrons. The number of nitrogens with one attached hydrogen (secondary N) is 2. The molecule has 0 unspecified atom stereocenters.